The van der Waals surface area contributed by atoms with Gasteiger partial charge in [0.25, 0.3) is 0 Å². The van der Waals surface area contributed by atoms with Crippen LogP contribution in [0.3, 0.4) is 0 Å². The lowest BCUT2D eigenvalue weighted by Gasteiger charge is -2.24. The Morgan fingerprint density at radius 1 is 1.16 bits per heavy atom. The molecule has 170 valence electrons. The maximum Gasteiger partial charge on any atom is 0.410 e. The zero-order chi connectivity index (χ0) is 22.3. The van der Waals surface area contributed by atoms with Gasteiger partial charge in [-0.1, -0.05) is 35.9 Å². The van der Waals surface area contributed by atoms with Gasteiger partial charge in [-0.15, -0.1) is 24.0 Å². The average Bonchev–Trinajstić information content (AvgIpc) is 2.66. The van der Waals surface area contributed by atoms with E-state index >= 15 is 0 Å². The zero-order valence-corrected chi connectivity index (χ0v) is 21.5. The Bertz CT molecular complexity index is 899. The third-order valence-electron chi connectivity index (χ3n) is 4.00. The van der Waals surface area contributed by atoms with Crippen molar-refractivity contribution in [1.29, 1.82) is 0 Å². The van der Waals surface area contributed by atoms with Crippen molar-refractivity contribution < 1.29 is 14.3 Å². The van der Waals surface area contributed by atoms with E-state index in [-0.39, 0.29) is 36.0 Å². The molecule has 31 heavy (non-hydrogen) atoms. The van der Waals surface area contributed by atoms with E-state index in [1.54, 1.807) is 31.2 Å². The summed E-state index contributed by atoms with van der Waals surface area (Å²) in [5.74, 6) is 0.875. The Morgan fingerprint density at radius 3 is 2.32 bits per heavy atom. The highest BCUT2D eigenvalue weighted by molar-refractivity contribution is 14.0. The van der Waals surface area contributed by atoms with Crippen LogP contribution in [0.25, 0.3) is 0 Å². The van der Waals surface area contributed by atoms with Gasteiger partial charge in [0.1, 0.15) is 11.4 Å². The molecule has 0 radical (unpaired) electrons. The van der Waals surface area contributed by atoms with Crippen LogP contribution in [0.4, 0.5) is 10.5 Å². The van der Waals surface area contributed by atoms with Crippen molar-refractivity contribution in [2.24, 2.45) is 10.7 Å². The minimum Gasteiger partial charge on any atom is -0.495 e. The molecule has 0 aromatic heterocycles. The van der Waals surface area contributed by atoms with Gasteiger partial charge >= 0.3 is 6.09 Å². The summed E-state index contributed by atoms with van der Waals surface area (Å²) in [6.07, 6.45) is -0.353. The third kappa shape index (κ3) is 9.22. The number of carbonyl (C=O) groups excluding carboxylic acids is 1. The second kappa shape index (κ2) is 12.0. The second-order valence-electron chi connectivity index (χ2n) is 7.83. The molecule has 0 atom stereocenters. The smallest absolute Gasteiger partial charge is 0.410 e. The van der Waals surface area contributed by atoms with Gasteiger partial charge in [0.2, 0.25) is 0 Å². The SMILES string of the molecule is COc1ccc(NC(N)=NCc2ccc(CN(C)C(=O)OC(C)(C)C)cc2)cc1Cl.I. The molecule has 9 heteroatoms. The molecule has 0 aliphatic rings. The predicted molar refractivity (Wildman–Crippen MR) is 137 cm³/mol. The topological polar surface area (TPSA) is 89.2 Å². The lowest BCUT2D eigenvalue weighted by molar-refractivity contribution is 0.0285. The summed E-state index contributed by atoms with van der Waals surface area (Å²) in [6.45, 7) is 6.42. The number of guanidine groups is 1. The molecule has 1 amide bonds. The number of aliphatic imine (C=N–C) groups is 1. The van der Waals surface area contributed by atoms with E-state index < -0.39 is 5.60 Å². The van der Waals surface area contributed by atoms with Gasteiger partial charge in [-0.3, -0.25) is 0 Å². The number of rotatable bonds is 6. The van der Waals surface area contributed by atoms with Gasteiger partial charge in [0.05, 0.1) is 18.7 Å². The second-order valence-corrected chi connectivity index (χ2v) is 8.24. The lowest BCUT2D eigenvalue weighted by atomic mass is 10.1. The standard InChI is InChI=1S/C22H29ClN4O3.HI/c1-22(2,3)30-21(28)27(4)14-16-8-6-15(7-9-16)13-25-20(24)26-17-10-11-19(29-5)18(23)12-17;/h6-12H,13-14H2,1-5H3,(H3,24,25,26);1H. The summed E-state index contributed by atoms with van der Waals surface area (Å²) in [4.78, 5) is 18.0. The highest BCUT2D eigenvalue weighted by atomic mass is 127. The molecule has 0 unspecified atom stereocenters. The first-order valence-electron chi connectivity index (χ1n) is 9.50. The van der Waals surface area contributed by atoms with Crippen LogP contribution in [0.15, 0.2) is 47.5 Å². The average molecular weight is 561 g/mol. The van der Waals surface area contributed by atoms with Crippen LogP contribution in [0.2, 0.25) is 5.02 Å². The number of nitrogens with zero attached hydrogens (tertiary/aromatic N) is 2. The quantitative estimate of drug-likeness (QED) is 0.286. The van der Waals surface area contributed by atoms with Gasteiger partial charge in [-0.05, 0) is 50.1 Å². The molecule has 0 spiro atoms. The molecule has 2 aromatic rings. The van der Waals surface area contributed by atoms with Crippen LogP contribution < -0.4 is 15.8 Å². The third-order valence-corrected chi connectivity index (χ3v) is 4.30. The van der Waals surface area contributed by atoms with Crippen molar-refractivity contribution >= 4 is 53.3 Å². The summed E-state index contributed by atoms with van der Waals surface area (Å²) in [5, 5.41) is 3.49. The van der Waals surface area contributed by atoms with Gasteiger partial charge in [0, 0.05) is 19.3 Å². The molecule has 0 aliphatic heterocycles. The van der Waals surface area contributed by atoms with Crippen LogP contribution in [0.5, 0.6) is 5.75 Å². The Labute approximate surface area is 206 Å². The van der Waals surface area contributed by atoms with E-state index in [4.69, 9.17) is 26.8 Å². The van der Waals surface area contributed by atoms with Crippen LogP contribution >= 0.6 is 35.6 Å². The predicted octanol–water partition coefficient (Wildman–Crippen LogP) is 5.26. The zero-order valence-electron chi connectivity index (χ0n) is 18.4. The molecule has 0 aliphatic carbocycles. The molecule has 3 N–H and O–H groups in total. The normalized spacial score (nSPS) is 11.4. The van der Waals surface area contributed by atoms with Crippen molar-refractivity contribution in [3.63, 3.8) is 0 Å². The van der Waals surface area contributed by atoms with Crippen molar-refractivity contribution in [3.05, 3.63) is 58.6 Å². The van der Waals surface area contributed by atoms with Gasteiger partial charge in [0.15, 0.2) is 5.96 Å². The maximum absolute atomic E-state index is 12.1. The van der Waals surface area contributed by atoms with Crippen LogP contribution in [0, 0.1) is 0 Å². The molecule has 0 bridgehead atoms. The molecular weight excluding hydrogens is 531 g/mol. The van der Waals surface area contributed by atoms with E-state index in [1.807, 2.05) is 51.1 Å². The number of nitrogens with one attached hydrogen (secondary N) is 1. The first-order chi connectivity index (χ1) is 14.1. The largest absolute Gasteiger partial charge is 0.495 e. The minimum atomic E-state index is -0.516. The number of anilines is 1. The van der Waals surface area contributed by atoms with Crippen LogP contribution in [-0.4, -0.2) is 36.7 Å². The summed E-state index contributed by atoms with van der Waals surface area (Å²) in [7, 11) is 3.27. The van der Waals surface area contributed by atoms with Gasteiger partial charge in [-0.2, -0.15) is 0 Å². The van der Waals surface area contributed by atoms with Crippen molar-refractivity contribution in [1.82, 2.24) is 4.90 Å². The Morgan fingerprint density at radius 2 is 1.77 bits per heavy atom. The monoisotopic (exact) mass is 560 g/mol. The summed E-state index contributed by atoms with van der Waals surface area (Å²) >= 11 is 6.11. The van der Waals surface area contributed by atoms with E-state index in [0.29, 0.717) is 23.9 Å². The first kappa shape index (κ1) is 26.8. The van der Waals surface area contributed by atoms with Crippen LogP contribution in [0.1, 0.15) is 31.9 Å². The number of hydrogen-bond acceptors (Lipinski definition) is 4. The van der Waals surface area contributed by atoms with E-state index in [2.05, 4.69) is 10.3 Å². The summed E-state index contributed by atoms with van der Waals surface area (Å²) < 4.78 is 10.5. The van der Waals surface area contributed by atoms with Crippen LogP contribution in [-0.2, 0) is 17.8 Å². The molecule has 0 saturated heterocycles. The van der Waals surface area contributed by atoms with Crippen molar-refractivity contribution in [2.75, 3.05) is 19.5 Å². The fourth-order valence-corrected chi connectivity index (χ4v) is 2.79. The number of benzene rings is 2. The highest BCUT2D eigenvalue weighted by Crippen LogP contribution is 2.27. The first-order valence-corrected chi connectivity index (χ1v) is 9.87. The minimum absolute atomic E-state index is 0. The molecule has 2 rings (SSSR count). The van der Waals surface area contributed by atoms with E-state index in [9.17, 15) is 4.79 Å². The number of ether oxygens (including phenoxy) is 2. The highest BCUT2D eigenvalue weighted by Gasteiger charge is 2.19. The lowest BCUT2D eigenvalue weighted by Crippen LogP contribution is -2.33. The molecule has 0 fully saturated rings. The maximum atomic E-state index is 12.1. The van der Waals surface area contributed by atoms with Crippen molar-refractivity contribution in [2.45, 2.75) is 39.5 Å². The van der Waals surface area contributed by atoms with Gasteiger partial charge < -0.3 is 25.4 Å². The Kier molecular flexibility index (Phi) is 10.4. The number of hydrogen-bond donors (Lipinski definition) is 2. The Balaban J connectivity index is 0.00000480. The fourth-order valence-electron chi connectivity index (χ4n) is 2.54. The number of amides is 1. The molecular formula is C22H30ClIN4O3. The summed E-state index contributed by atoms with van der Waals surface area (Å²) in [5.41, 5.74) is 8.16. The van der Waals surface area contributed by atoms with E-state index in [1.165, 1.54) is 0 Å². The van der Waals surface area contributed by atoms with E-state index in [0.717, 1.165) is 16.8 Å². The molecule has 0 heterocycles. The molecule has 0 saturated carbocycles. The Hall–Kier alpha value is -2.20. The number of nitrogens with two attached hydrogens (primary N) is 1. The number of halogens is 2. The number of carbonyl (C=O) groups is 1. The fraction of sp³-hybridized carbons (Fsp3) is 0.364. The summed E-state index contributed by atoms with van der Waals surface area (Å²) in [6, 6.07) is 13.1. The molecule has 2 aromatic carbocycles. The number of methoxy groups -OCH3 is 1. The molecule has 7 nitrogen and oxygen atoms in total. The van der Waals surface area contributed by atoms with Crippen molar-refractivity contribution in [3.8, 4) is 5.75 Å². The van der Waals surface area contributed by atoms with Gasteiger partial charge in [-0.25, -0.2) is 9.79 Å².